The standard InChI is InChI=1S/C11H18N4O3S/c1-2-14-7-10(11(12)13-14)19(16,17)15-5-8-3-4-9(6-15)18-8/h7-9H,2-6H2,1H3,(H2,12,13). The average Bonchev–Trinajstić information content (AvgIpc) is 2.92. The second-order valence-electron chi connectivity index (χ2n) is 5.01. The minimum Gasteiger partial charge on any atom is -0.381 e. The van der Waals surface area contributed by atoms with E-state index in [1.165, 1.54) is 15.2 Å². The van der Waals surface area contributed by atoms with Gasteiger partial charge in [0, 0.05) is 25.8 Å². The van der Waals surface area contributed by atoms with Gasteiger partial charge < -0.3 is 10.5 Å². The maximum Gasteiger partial charge on any atom is 0.248 e. The van der Waals surface area contributed by atoms with Crippen LogP contribution < -0.4 is 5.73 Å². The number of sulfonamides is 1. The molecule has 3 heterocycles. The van der Waals surface area contributed by atoms with Crippen molar-refractivity contribution in [3.63, 3.8) is 0 Å². The molecule has 106 valence electrons. The third kappa shape index (κ3) is 2.13. The van der Waals surface area contributed by atoms with Crippen molar-refractivity contribution in [1.82, 2.24) is 14.1 Å². The van der Waals surface area contributed by atoms with E-state index in [0.29, 0.717) is 19.6 Å². The Balaban J connectivity index is 1.91. The molecule has 2 unspecified atom stereocenters. The van der Waals surface area contributed by atoms with Crippen LogP contribution in [-0.4, -0.2) is 47.8 Å². The molecular weight excluding hydrogens is 268 g/mol. The van der Waals surface area contributed by atoms with E-state index in [9.17, 15) is 8.42 Å². The zero-order valence-electron chi connectivity index (χ0n) is 10.8. The van der Waals surface area contributed by atoms with Crippen LogP contribution >= 0.6 is 0 Å². The molecule has 2 aliphatic heterocycles. The fourth-order valence-electron chi connectivity index (χ4n) is 2.69. The lowest BCUT2D eigenvalue weighted by molar-refractivity contribution is -0.0114. The van der Waals surface area contributed by atoms with Crippen molar-refractivity contribution < 1.29 is 13.2 Å². The normalized spacial score (nSPS) is 27.8. The van der Waals surface area contributed by atoms with Gasteiger partial charge in [0.1, 0.15) is 4.90 Å². The number of hydrogen-bond donors (Lipinski definition) is 1. The van der Waals surface area contributed by atoms with Crippen LogP contribution in [0.5, 0.6) is 0 Å². The van der Waals surface area contributed by atoms with Crippen molar-refractivity contribution in [2.45, 2.75) is 43.4 Å². The topological polar surface area (TPSA) is 90.5 Å². The minimum absolute atomic E-state index is 0.0240. The van der Waals surface area contributed by atoms with Gasteiger partial charge in [-0.15, -0.1) is 0 Å². The molecule has 2 N–H and O–H groups in total. The van der Waals surface area contributed by atoms with E-state index in [1.807, 2.05) is 6.92 Å². The van der Waals surface area contributed by atoms with Crippen LogP contribution in [0.1, 0.15) is 19.8 Å². The number of nitrogens with zero attached hydrogens (tertiary/aromatic N) is 3. The first-order valence-corrected chi connectivity index (χ1v) is 7.93. The molecule has 0 aliphatic carbocycles. The van der Waals surface area contributed by atoms with E-state index in [1.54, 1.807) is 0 Å². The van der Waals surface area contributed by atoms with Crippen LogP contribution in [0.4, 0.5) is 5.82 Å². The first-order valence-electron chi connectivity index (χ1n) is 6.49. The predicted molar refractivity (Wildman–Crippen MR) is 69.0 cm³/mol. The van der Waals surface area contributed by atoms with Crippen molar-refractivity contribution in [2.75, 3.05) is 18.8 Å². The Labute approximate surface area is 112 Å². The first kappa shape index (κ1) is 12.9. The van der Waals surface area contributed by atoms with Gasteiger partial charge in [-0.1, -0.05) is 0 Å². The Hall–Kier alpha value is -1.12. The largest absolute Gasteiger partial charge is 0.381 e. The number of morpholine rings is 1. The minimum atomic E-state index is -3.56. The molecule has 8 heteroatoms. The third-order valence-electron chi connectivity index (χ3n) is 3.71. The van der Waals surface area contributed by atoms with Crippen molar-refractivity contribution in [3.8, 4) is 0 Å². The smallest absolute Gasteiger partial charge is 0.248 e. The van der Waals surface area contributed by atoms with E-state index in [-0.39, 0.29) is 22.9 Å². The summed E-state index contributed by atoms with van der Waals surface area (Å²) in [5.41, 5.74) is 5.73. The predicted octanol–water partition coefficient (Wildman–Crippen LogP) is 0.0371. The van der Waals surface area contributed by atoms with E-state index >= 15 is 0 Å². The summed E-state index contributed by atoms with van der Waals surface area (Å²) in [6.07, 6.45) is 3.41. The molecule has 0 amide bonds. The van der Waals surface area contributed by atoms with Gasteiger partial charge in [-0.3, -0.25) is 4.68 Å². The number of nitrogens with two attached hydrogens (primary N) is 1. The molecule has 0 spiro atoms. The number of aromatic nitrogens is 2. The summed E-state index contributed by atoms with van der Waals surface area (Å²) < 4.78 is 33.9. The van der Waals surface area contributed by atoms with Crippen LogP contribution in [-0.2, 0) is 21.3 Å². The highest BCUT2D eigenvalue weighted by Gasteiger charge is 2.40. The zero-order chi connectivity index (χ0) is 13.6. The number of aryl methyl sites for hydroxylation is 1. The van der Waals surface area contributed by atoms with Crippen LogP contribution in [0.15, 0.2) is 11.1 Å². The number of fused-ring (bicyclic) bond motifs is 2. The van der Waals surface area contributed by atoms with E-state index in [0.717, 1.165) is 12.8 Å². The molecular formula is C11H18N4O3S. The lowest BCUT2D eigenvalue weighted by Crippen LogP contribution is -2.45. The fraction of sp³-hybridized carbons (Fsp3) is 0.727. The van der Waals surface area contributed by atoms with Gasteiger partial charge in [0.05, 0.1) is 12.2 Å². The number of ether oxygens (including phenoxy) is 1. The Bertz CT molecular complexity index is 571. The van der Waals surface area contributed by atoms with Gasteiger partial charge in [0.15, 0.2) is 5.82 Å². The third-order valence-corrected chi connectivity index (χ3v) is 5.56. The van der Waals surface area contributed by atoms with Gasteiger partial charge in [0.25, 0.3) is 0 Å². The Morgan fingerprint density at radius 3 is 2.58 bits per heavy atom. The van der Waals surface area contributed by atoms with Gasteiger partial charge in [-0.2, -0.15) is 9.40 Å². The Morgan fingerprint density at radius 1 is 1.42 bits per heavy atom. The molecule has 2 saturated heterocycles. The van der Waals surface area contributed by atoms with Crippen molar-refractivity contribution in [2.24, 2.45) is 0 Å². The van der Waals surface area contributed by atoms with E-state index in [2.05, 4.69) is 5.10 Å². The lowest BCUT2D eigenvalue weighted by Gasteiger charge is -2.30. The van der Waals surface area contributed by atoms with Gasteiger partial charge in [0.2, 0.25) is 10.0 Å². The molecule has 2 bridgehead atoms. The Kier molecular flexibility index (Phi) is 3.03. The summed E-state index contributed by atoms with van der Waals surface area (Å²) in [5.74, 6) is 0.0701. The summed E-state index contributed by atoms with van der Waals surface area (Å²) in [6.45, 7) is 3.30. The van der Waals surface area contributed by atoms with Gasteiger partial charge >= 0.3 is 0 Å². The quantitative estimate of drug-likeness (QED) is 0.847. The molecule has 7 nitrogen and oxygen atoms in total. The molecule has 0 radical (unpaired) electrons. The number of rotatable bonds is 3. The summed E-state index contributed by atoms with van der Waals surface area (Å²) >= 11 is 0. The highest BCUT2D eigenvalue weighted by atomic mass is 32.2. The molecule has 19 heavy (non-hydrogen) atoms. The summed E-state index contributed by atoms with van der Waals surface area (Å²) in [6, 6.07) is 0. The second kappa shape index (κ2) is 4.46. The number of nitrogen functional groups attached to an aromatic ring is 1. The molecule has 1 aromatic heterocycles. The Morgan fingerprint density at radius 2 is 2.05 bits per heavy atom. The summed E-state index contributed by atoms with van der Waals surface area (Å²) in [7, 11) is -3.56. The SMILES string of the molecule is CCn1cc(S(=O)(=O)N2CC3CCC(C2)O3)c(N)n1. The number of hydrogen-bond acceptors (Lipinski definition) is 5. The van der Waals surface area contributed by atoms with Gasteiger partial charge in [-0.25, -0.2) is 8.42 Å². The van der Waals surface area contributed by atoms with E-state index < -0.39 is 10.0 Å². The van der Waals surface area contributed by atoms with Crippen LogP contribution in [0.2, 0.25) is 0 Å². The highest BCUT2D eigenvalue weighted by molar-refractivity contribution is 7.89. The van der Waals surface area contributed by atoms with Crippen LogP contribution in [0, 0.1) is 0 Å². The lowest BCUT2D eigenvalue weighted by atomic mass is 10.2. The average molecular weight is 286 g/mol. The zero-order valence-corrected chi connectivity index (χ0v) is 11.6. The molecule has 0 aromatic carbocycles. The molecule has 2 atom stereocenters. The van der Waals surface area contributed by atoms with Crippen molar-refractivity contribution in [1.29, 1.82) is 0 Å². The first-order chi connectivity index (χ1) is 9.00. The maximum absolute atomic E-state index is 12.6. The molecule has 2 fully saturated rings. The van der Waals surface area contributed by atoms with E-state index in [4.69, 9.17) is 10.5 Å². The highest BCUT2D eigenvalue weighted by Crippen LogP contribution is 2.31. The van der Waals surface area contributed by atoms with Crippen LogP contribution in [0.25, 0.3) is 0 Å². The summed E-state index contributed by atoms with van der Waals surface area (Å²) in [4.78, 5) is 0.107. The van der Waals surface area contributed by atoms with Crippen molar-refractivity contribution in [3.05, 3.63) is 6.20 Å². The fourth-order valence-corrected chi connectivity index (χ4v) is 4.25. The van der Waals surface area contributed by atoms with Gasteiger partial charge in [-0.05, 0) is 19.8 Å². The van der Waals surface area contributed by atoms with Crippen molar-refractivity contribution >= 4 is 15.8 Å². The molecule has 3 rings (SSSR count). The second-order valence-corrected chi connectivity index (χ2v) is 6.92. The molecule has 1 aromatic rings. The number of anilines is 1. The maximum atomic E-state index is 12.6. The molecule has 2 aliphatic rings. The monoisotopic (exact) mass is 286 g/mol. The van der Waals surface area contributed by atoms with Crippen LogP contribution in [0.3, 0.4) is 0 Å². The summed E-state index contributed by atoms with van der Waals surface area (Å²) in [5, 5.41) is 4.00. The molecule has 0 saturated carbocycles.